The van der Waals surface area contributed by atoms with E-state index in [1.165, 1.54) is 0 Å². The molecule has 2 aliphatic heterocycles. The third-order valence-electron chi connectivity index (χ3n) is 7.34. The van der Waals surface area contributed by atoms with Crippen molar-refractivity contribution in [2.75, 3.05) is 44.2 Å². The predicted molar refractivity (Wildman–Crippen MR) is 145 cm³/mol. The zero-order chi connectivity index (χ0) is 26.2. The van der Waals surface area contributed by atoms with Gasteiger partial charge in [-0.3, -0.25) is 4.79 Å². The van der Waals surface area contributed by atoms with Crippen LogP contribution in [0.1, 0.15) is 33.6 Å². The number of nitrogens with zero attached hydrogens (tertiary/aromatic N) is 5. The summed E-state index contributed by atoms with van der Waals surface area (Å²) in [6.45, 7) is 9.78. The van der Waals surface area contributed by atoms with E-state index in [2.05, 4.69) is 46.8 Å². The number of imidazole rings is 1. The van der Waals surface area contributed by atoms with Gasteiger partial charge in [-0.1, -0.05) is 24.3 Å². The lowest BCUT2D eigenvalue weighted by Crippen LogP contribution is -2.52. The van der Waals surface area contributed by atoms with Gasteiger partial charge in [0.15, 0.2) is 0 Å². The Kier molecular flexibility index (Phi) is 6.84. The summed E-state index contributed by atoms with van der Waals surface area (Å²) in [6.07, 6.45) is 1.10. The molecule has 0 aliphatic carbocycles. The number of rotatable bonds is 3. The van der Waals surface area contributed by atoms with E-state index in [4.69, 9.17) is 9.72 Å². The first-order valence-electron chi connectivity index (χ1n) is 13.2. The van der Waals surface area contributed by atoms with Crippen LogP contribution in [-0.4, -0.2) is 76.2 Å². The number of carbonyl (C=O) groups excluding carboxylic acids is 2. The molecular weight excluding hydrogens is 466 g/mol. The lowest BCUT2D eigenvalue weighted by Gasteiger charge is -2.39. The highest BCUT2D eigenvalue weighted by molar-refractivity contribution is 5.81. The van der Waals surface area contributed by atoms with Crippen LogP contribution in [0.5, 0.6) is 0 Å². The minimum absolute atomic E-state index is 0.0221. The normalized spacial score (nSPS) is 17.4. The molecule has 0 N–H and O–H groups in total. The molecule has 37 heavy (non-hydrogen) atoms. The van der Waals surface area contributed by atoms with Gasteiger partial charge in [-0.15, -0.1) is 0 Å². The van der Waals surface area contributed by atoms with E-state index in [-0.39, 0.29) is 17.9 Å². The fourth-order valence-electron chi connectivity index (χ4n) is 5.32. The van der Waals surface area contributed by atoms with Crippen LogP contribution in [0.25, 0.3) is 22.4 Å². The number of aryl methyl sites for hydroxylation is 1. The van der Waals surface area contributed by atoms with Crippen molar-refractivity contribution in [1.82, 2.24) is 19.4 Å². The van der Waals surface area contributed by atoms with Gasteiger partial charge < -0.3 is 24.0 Å². The Morgan fingerprint density at radius 1 is 0.892 bits per heavy atom. The molecule has 1 aromatic heterocycles. The number of piperazine rings is 1. The van der Waals surface area contributed by atoms with Gasteiger partial charge in [-0.2, -0.15) is 0 Å². The average Bonchev–Trinajstić information content (AvgIpc) is 3.24. The third kappa shape index (κ3) is 5.43. The van der Waals surface area contributed by atoms with Gasteiger partial charge in [0.25, 0.3) is 0 Å². The lowest BCUT2D eigenvalue weighted by molar-refractivity contribution is -0.137. The van der Waals surface area contributed by atoms with Gasteiger partial charge in [-0.05, 0) is 57.9 Å². The summed E-state index contributed by atoms with van der Waals surface area (Å²) in [5.74, 6) is 1.15. The minimum atomic E-state index is -0.506. The van der Waals surface area contributed by atoms with Crippen LogP contribution in [0.3, 0.4) is 0 Å². The van der Waals surface area contributed by atoms with Crippen molar-refractivity contribution >= 4 is 28.7 Å². The monoisotopic (exact) mass is 503 g/mol. The van der Waals surface area contributed by atoms with Gasteiger partial charge >= 0.3 is 6.09 Å². The predicted octanol–water partition coefficient (Wildman–Crippen LogP) is 4.54. The van der Waals surface area contributed by atoms with Crippen LogP contribution in [0.15, 0.2) is 48.5 Å². The van der Waals surface area contributed by atoms with Crippen LogP contribution in [0.4, 0.5) is 10.5 Å². The molecule has 0 saturated carbocycles. The van der Waals surface area contributed by atoms with Crippen LogP contribution < -0.4 is 4.90 Å². The van der Waals surface area contributed by atoms with E-state index in [0.29, 0.717) is 39.0 Å². The number of hydrogen-bond acceptors (Lipinski definition) is 5. The largest absolute Gasteiger partial charge is 0.444 e. The highest BCUT2D eigenvalue weighted by Crippen LogP contribution is 2.28. The standard InChI is InChI=1S/C29H37N5O3/c1-29(2,3)37-28(36)34-14-12-21(13-15-34)27(35)33-18-16-32(17-19-33)23-9-7-8-22(20-23)26-30-24-10-5-6-11-25(24)31(26)4/h5-11,20-21H,12-19H2,1-4H3. The van der Waals surface area contributed by atoms with Crippen molar-refractivity contribution in [2.45, 2.75) is 39.2 Å². The number of ether oxygens (including phenoxy) is 1. The number of benzene rings is 2. The van der Waals surface area contributed by atoms with Crippen molar-refractivity contribution < 1.29 is 14.3 Å². The van der Waals surface area contributed by atoms with Crippen molar-refractivity contribution in [3.8, 4) is 11.4 Å². The van der Waals surface area contributed by atoms with Crippen LogP contribution in [0, 0.1) is 5.92 Å². The molecule has 8 nitrogen and oxygen atoms in total. The summed E-state index contributed by atoms with van der Waals surface area (Å²) in [5.41, 5.74) is 3.85. The topological polar surface area (TPSA) is 70.9 Å². The highest BCUT2D eigenvalue weighted by atomic mass is 16.6. The number of aromatic nitrogens is 2. The Bertz CT molecular complexity index is 1280. The molecule has 0 atom stereocenters. The molecule has 0 radical (unpaired) electrons. The average molecular weight is 504 g/mol. The minimum Gasteiger partial charge on any atom is -0.444 e. The zero-order valence-corrected chi connectivity index (χ0v) is 22.3. The Labute approximate surface area is 218 Å². The molecule has 2 aliphatic rings. The number of amides is 2. The summed E-state index contributed by atoms with van der Waals surface area (Å²) in [5, 5.41) is 0. The number of anilines is 1. The molecular formula is C29H37N5O3. The number of piperidine rings is 1. The second-order valence-electron chi connectivity index (χ2n) is 11.1. The van der Waals surface area contributed by atoms with E-state index < -0.39 is 5.60 Å². The molecule has 2 saturated heterocycles. The maximum Gasteiger partial charge on any atom is 0.410 e. The Morgan fingerprint density at radius 3 is 2.27 bits per heavy atom. The molecule has 5 rings (SSSR count). The summed E-state index contributed by atoms with van der Waals surface area (Å²) >= 11 is 0. The quantitative estimate of drug-likeness (QED) is 0.525. The molecule has 2 amide bonds. The van der Waals surface area contributed by atoms with Crippen molar-refractivity contribution in [3.63, 3.8) is 0 Å². The Morgan fingerprint density at radius 2 is 1.59 bits per heavy atom. The fourth-order valence-corrected chi connectivity index (χ4v) is 5.32. The van der Waals surface area contributed by atoms with E-state index in [9.17, 15) is 9.59 Å². The maximum atomic E-state index is 13.2. The van der Waals surface area contributed by atoms with Crippen LogP contribution >= 0.6 is 0 Å². The number of hydrogen-bond donors (Lipinski definition) is 0. The number of carbonyl (C=O) groups is 2. The summed E-state index contributed by atoms with van der Waals surface area (Å²) in [4.78, 5) is 36.5. The molecule has 3 aromatic rings. The van der Waals surface area contributed by atoms with Crippen LogP contribution in [0.2, 0.25) is 0 Å². The molecule has 3 heterocycles. The lowest BCUT2D eigenvalue weighted by atomic mass is 9.95. The van der Waals surface area contributed by atoms with Crippen molar-refractivity contribution in [3.05, 3.63) is 48.5 Å². The smallest absolute Gasteiger partial charge is 0.410 e. The number of para-hydroxylation sites is 2. The Balaban J connectivity index is 1.17. The van der Waals surface area contributed by atoms with Gasteiger partial charge in [-0.25, -0.2) is 9.78 Å². The highest BCUT2D eigenvalue weighted by Gasteiger charge is 2.33. The van der Waals surface area contributed by atoms with Gasteiger partial charge in [0, 0.05) is 63.5 Å². The molecule has 8 heteroatoms. The first-order chi connectivity index (χ1) is 17.7. The number of likely N-dealkylation sites (tertiary alicyclic amines) is 1. The fraction of sp³-hybridized carbons (Fsp3) is 0.483. The van der Waals surface area contributed by atoms with Crippen LogP contribution in [-0.2, 0) is 16.6 Å². The molecule has 196 valence electrons. The van der Waals surface area contributed by atoms with Gasteiger partial charge in [0.2, 0.25) is 5.91 Å². The Hall–Kier alpha value is -3.55. The van der Waals surface area contributed by atoms with E-state index in [0.717, 1.165) is 41.2 Å². The summed E-state index contributed by atoms with van der Waals surface area (Å²) in [7, 11) is 2.06. The number of fused-ring (bicyclic) bond motifs is 1. The van der Waals surface area contributed by atoms with Crippen molar-refractivity contribution in [1.29, 1.82) is 0 Å². The third-order valence-corrected chi connectivity index (χ3v) is 7.34. The molecule has 0 spiro atoms. The first-order valence-corrected chi connectivity index (χ1v) is 13.2. The molecule has 2 fully saturated rings. The van der Waals surface area contributed by atoms with Crippen molar-refractivity contribution in [2.24, 2.45) is 13.0 Å². The molecule has 0 unspecified atom stereocenters. The zero-order valence-electron chi connectivity index (χ0n) is 22.3. The molecule has 0 bridgehead atoms. The van der Waals surface area contributed by atoms with E-state index in [1.54, 1.807) is 4.90 Å². The van der Waals surface area contributed by atoms with Gasteiger partial charge in [0.05, 0.1) is 11.0 Å². The summed E-state index contributed by atoms with van der Waals surface area (Å²) < 4.78 is 7.62. The molecule has 2 aromatic carbocycles. The second-order valence-corrected chi connectivity index (χ2v) is 11.1. The maximum absolute atomic E-state index is 13.2. The van der Waals surface area contributed by atoms with E-state index >= 15 is 0 Å². The first kappa shape index (κ1) is 25.1. The van der Waals surface area contributed by atoms with Gasteiger partial charge in [0.1, 0.15) is 11.4 Å². The SMILES string of the molecule is Cn1c(-c2cccc(N3CCN(C(=O)C4CCN(C(=O)OC(C)(C)C)CC4)CC3)c2)nc2ccccc21. The second kappa shape index (κ2) is 10.1. The van der Waals surface area contributed by atoms with E-state index in [1.807, 2.05) is 43.9 Å². The summed E-state index contributed by atoms with van der Waals surface area (Å²) in [6, 6.07) is 16.7.